The zero-order valence-electron chi connectivity index (χ0n) is 10.1. The molecule has 1 aliphatic heterocycles. The summed E-state index contributed by atoms with van der Waals surface area (Å²) in [4.78, 5) is 21.7. The predicted molar refractivity (Wildman–Crippen MR) is 68.7 cm³/mol. The first-order chi connectivity index (χ1) is 9.65. The fraction of sp³-hybridized carbons (Fsp3) is 0.300. The molecule has 0 aromatic carbocycles. The van der Waals surface area contributed by atoms with Gasteiger partial charge in [-0.2, -0.15) is 0 Å². The van der Waals surface area contributed by atoms with Gasteiger partial charge in [0.15, 0.2) is 10.9 Å². The van der Waals surface area contributed by atoms with Crippen molar-refractivity contribution in [3.8, 4) is 0 Å². The maximum Gasteiger partial charge on any atom is 0.433 e. The van der Waals surface area contributed by atoms with E-state index < -0.39 is 16.7 Å². The number of hydrogen-bond donors (Lipinski definition) is 1. The van der Waals surface area contributed by atoms with Gasteiger partial charge in [0.05, 0.1) is 6.07 Å². The Kier molecular flexibility index (Phi) is 3.14. The maximum absolute atomic E-state index is 11.9. The highest BCUT2D eigenvalue weighted by Gasteiger charge is 2.21. The maximum atomic E-state index is 11.9. The zero-order chi connectivity index (χ0) is 14.1. The van der Waals surface area contributed by atoms with Gasteiger partial charge in [0.25, 0.3) is 5.91 Å². The van der Waals surface area contributed by atoms with Gasteiger partial charge in [-0.3, -0.25) is 24.8 Å². The predicted octanol–water partition coefficient (Wildman–Crippen LogP) is 1.53. The summed E-state index contributed by atoms with van der Waals surface area (Å²) in [5.41, 5.74) is 0. The molecule has 0 spiro atoms. The molecule has 1 aliphatic rings. The lowest BCUT2D eigenvalue weighted by molar-refractivity contribution is -0.402. The van der Waals surface area contributed by atoms with Crippen LogP contribution in [0, 0.1) is 10.1 Å². The number of carbonyl (C=O) groups is 1. The van der Waals surface area contributed by atoms with Crippen molar-refractivity contribution in [2.45, 2.75) is 18.1 Å². The van der Waals surface area contributed by atoms with E-state index in [-0.39, 0.29) is 5.76 Å². The molecule has 0 fully saturated rings. The summed E-state index contributed by atoms with van der Waals surface area (Å²) in [6.07, 6.45) is 0.963. The minimum Gasteiger partial charge on any atom is -0.395 e. The lowest BCUT2D eigenvalue weighted by Gasteiger charge is -2.13. The van der Waals surface area contributed by atoms with Crippen LogP contribution < -0.4 is 5.32 Å². The first-order valence-corrected chi connectivity index (χ1v) is 6.75. The summed E-state index contributed by atoms with van der Waals surface area (Å²) in [7, 11) is 0. The van der Waals surface area contributed by atoms with E-state index in [1.807, 2.05) is 0 Å². The summed E-state index contributed by atoms with van der Waals surface area (Å²) >= 11 is 1.57. The van der Waals surface area contributed by atoms with Crippen molar-refractivity contribution in [3.63, 3.8) is 0 Å². The molecule has 3 rings (SSSR count). The number of furan rings is 1. The number of nitrogens with zero attached hydrogens (tertiary/aromatic N) is 4. The average Bonchev–Trinajstić information content (AvgIpc) is 3.06. The normalized spacial score (nSPS) is 13.8. The van der Waals surface area contributed by atoms with E-state index in [4.69, 9.17) is 4.42 Å². The van der Waals surface area contributed by atoms with E-state index in [2.05, 4.69) is 15.5 Å². The first kappa shape index (κ1) is 12.7. The number of hydrogen-bond acceptors (Lipinski definition) is 7. The second-order valence-corrected chi connectivity index (χ2v) is 5.07. The monoisotopic (exact) mass is 295 g/mol. The quantitative estimate of drug-likeness (QED) is 0.674. The topological polar surface area (TPSA) is 116 Å². The van der Waals surface area contributed by atoms with Crippen LogP contribution in [-0.2, 0) is 6.54 Å². The van der Waals surface area contributed by atoms with Gasteiger partial charge in [-0.05, 0) is 12.5 Å². The number of thioether (sulfide) groups is 1. The zero-order valence-corrected chi connectivity index (χ0v) is 10.9. The molecule has 10 heteroatoms. The lowest BCUT2D eigenvalue weighted by atomic mass is 10.4. The van der Waals surface area contributed by atoms with Gasteiger partial charge in [0.2, 0.25) is 5.95 Å². The summed E-state index contributed by atoms with van der Waals surface area (Å²) in [6, 6.07) is 2.37. The molecule has 104 valence electrons. The van der Waals surface area contributed by atoms with Crippen LogP contribution in [0.3, 0.4) is 0 Å². The lowest BCUT2D eigenvalue weighted by Crippen LogP contribution is -2.17. The Balaban J connectivity index is 1.78. The third-order valence-electron chi connectivity index (χ3n) is 2.69. The van der Waals surface area contributed by atoms with Crippen LogP contribution in [0.1, 0.15) is 17.0 Å². The Morgan fingerprint density at radius 1 is 1.50 bits per heavy atom. The van der Waals surface area contributed by atoms with E-state index >= 15 is 0 Å². The number of rotatable bonds is 3. The summed E-state index contributed by atoms with van der Waals surface area (Å²) in [5.74, 6) is 0.0721. The molecule has 3 heterocycles. The van der Waals surface area contributed by atoms with Gasteiger partial charge < -0.3 is 4.42 Å². The fourth-order valence-corrected chi connectivity index (χ4v) is 2.67. The van der Waals surface area contributed by atoms with Gasteiger partial charge >= 0.3 is 5.88 Å². The minimum atomic E-state index is -0.702. The Morgan fingerprint density at radius 3 is 3.10 bits per heavy atom. The molecule has 9 nitrogen and oxygen atoms in total. The third-order valence-corrected chi connectivity index (χ3v) is 3.75. The first-order valence-electron chi connectivity index (χ1n) is 5.77. The second-order valence-electron chi connectivity index (χ2n) is 4.01. The number of amides is 1. The van der Waals surface area contributed by atoms with E-state index in [0.717, 1.165) is 29.9 Å². The largest absolute Gasteiger partial charge is 0.433 e. The number of aromatic nitrogens is 3. The number of nitrogens with one attached hydrogen (secondary N) is 1. The van der Waals surface area contributed by atoms with Crippen molar-refractivity contribution in [3.05, 3.63) is 28.0 Å². The second kappa shape index (κ2) is 4.96. The molecule has 2 aromatic heterocycles. The number of nitro groups is 1. The molecule has 0 saturated heterocycles. The summed E-state index contributed by atoms with van der Waals surface area (Å²) < 4.78 is 6.62. The van der Waals surface area contributed by atoms with Crippen LogP contribution in [0.4, 0.5) is 11.8 Å². The van der Waals surface area contributed by atoms with Crippen molar-refractivity contribution in [1.29, 1.82) is 0 Å². The summed E-state index contributed by atoms with van der Waals surface area (Å²) in [6.45, 7) is 0.725. The highest BCUT2D eigenvalue weighted by molar-refractivity contribution is 7.99. The van der Waals surface area contributed by atoms with Crippen LogP contribution in [0.5, 0.6) is 0 Å². The van der Waals surface area contributed by atoms with Crippen LogP contribution in [0.25, 0.3) is 0 Å². The Labute approximate surface area is 116 Å². The van der Waals surface area contributed by atoms with Gasteiger partial charge in [0.1, 0.15) is 4.92 Å². The number of carbonyl (C=O) groups excluding carboxylic acids is 1. The Bertz CT molecular complexity index is 679. The van der Waals surface area contributed by atoms with E-state index in [1.165, 1.54) is 6.07 Å². The SMILES string of the molecule is O=C(Nc1nnc2n1CCCS2)c1ccc([N+](=O)[O-])o1. The van der Waals surface area contributed by atoms with Crippen molar-refractivity contribution in [2.75, 3.05) is 11.1 Å². The van der Waals surface area contributed by atoms with Crippen molar-refractivity contribution in [2.24, 2.45) is 0 Å². The molecular formula is C10H9N5O4S. The fourth-order valence-electron chi connectivity index (χ4n) is 1.79. The molecule has 0 atom stereocenters. The highest BCUT2D eigenvalue weighted by atomic mass is 32.2. The van der Waals surface area contributed by atoms with Crippen LogP contribution >= 0.6 is 11.8 Å². The Morgan fingerprint density at radius 2 is 2.35 bits per heavy atom. The Hall–Kier alpha value is -2.36. The average molecular weight is 295 g/mol. The molecule has 20 heavy (non-hydrogen) atoms. The molecule has 1 amide bonds. The van der Waals surface area contributed by atoms with Crippen LogP contribution in [0.15, 0.2) is 21.7 Å². The van der Waals surface area contributed by atoms with Gasteiger partial charge in [-0.1, -0.05) is 11.8 Å². The van der Waals surface area contributed by atoms with Crippen LogP contribution in [0.2, 0.25) is 0 Å². The van der Waals surface area contributed by atoms with Gasteiger partial charge in [-0.25, -0.2) is 0 Å². The van der Waals surface area contributed by atoms with Crippen molar-refractivity contribution >= 4 is 29.5 Å². The molecule has 2 aromatic rings. The molecule has 0 unspecified atom stereocenters. The standard InChI is InChI=1S/C10H9N5O4S/c16-8(6-2-3-7(19-6)15(17)18)11-9-12-13-10-14(9)4-1-5-20-10/h2-3H,1,4-5H2,(H,11,12,16). The third kappa shape index (κ3) is 2.25. The molecule has 1 N–H and O–H groups in total. The van der Waals surface area contributed by atoms with Crippen LogP contribution in [-0.4, -0.2) is 31.3 Å². The van der Waals surface area contributed by atoms with Gasteiger partial charge in [-0.15, -0.1) is 10.2 Å². The molecule has 0 aliphatic carbocycles. The van der Waals surface area contributed by atoms with Gasteiger partial charge in [0, 0.05) is 12.3 Å². The number of anilines is 1. The molecular weight excluding hydrogens is 286 g/mol. The molecule has 0 bridgehead atoms. The van der Waals surface area contributed by atoms with Crippen molar-refractivity contribution in [1.82, 2.24) is 14.8 Å². The van der Waals surface area contributed by atoms with Crippen molar-refractivity contribution < 1.29 is 14.1 Å². The van der Waals surface area contributed by atoms with E-state index in [9.17, 15) is 14.9 Å². The molecule has 0 radical (unpaired) electrons. The van der Waals surface area contributed by atoms with E-state index in [1.54, 1.807) is 16.3 Å². The smallest absolute Gasteiger partial charge is 0.395 e. The highest BCUT2D eigenvalue weighted by Crippen LogP contribution is 2.26. The summed E-state index contributed by atoms with van der Waals surface area (Å²) in [5, 5.41) is 21.6. The number of fused-ring (bicyclic) bond motifs is 1. The minimum absolute atomic E-state index is 0.141. The molecule has 0 saturated carbocycles. The van der Waals surface area contributed by atoms with E-state index in [0.29, 0.717) is 5.95 Å².